The molecule has 2 heterocycles. The minimum absolute atomic E-state index is 0.175. The molecule has 2 unspecified atom stereocenters. The van der Waals surface area contributed by atoms with Gasteiger partial charge in [0, 0.05) is 21.7 Å². The molecule has 22 heavy (non-hydrogen) atoms. The number of hydrogen-bond acceptors (Lipinski definition) is 5. The molecular formula is C15H16ClN3O2S. The first-order valence-corrected chi connectivity index (χ1v) is 8.23. The summed E-state index contributed by atoms with van der Waals surface area (Å²) in [5.74, 6) is -0.175. The summed E-state index contributed by atoms with van der Waals surface area (Å²) in [5.41, 5.74) is 1.000. The Labute approximate surface area is 137 Å². The van der Waals surface area contributed by atoms with Crippen LogP contribution in [-0.4, -0.2) is 34.7 Å². The highest BCUT2D eigenvalue weighted by Gasteiger charge is 2.30. The van der Waals surface area contributed by atoms with Crippen LogP contribution in [0, 0.1) is 0 Å². The Bertz CT molecular complexity index is 659. The van der Waals surface area contributed by atoms with Crippen molar-refractivity contribution in [1.82, 2.24) is 15.6 Å². The molecule has 5 nitrogen and oxygen atoms in total. The van der Waals surface area contributed by atoms with Gasteiger partial charge >= 0.3 is 0 Å². The highest BCUT2D eigenvalue weighted by atomic mass is 35.5. The van der Waals surface area contributed by atoms with Crippen molar-refractivity contribution in [3.63, 3.8) is 0 Å². The average Bonchev–Trinajstić information content (AvgIpc) is 3.14. The summed E-state index contributed by atoms with van der Waals surface area (Å²) in [5, 5.41) is 17.1. The molecule has 7 heteroatoms. The van der Waals surface area contributed by atoms with Gasteiger partial charge in [-0.2, -0.15) is 0 Å². The molecule has 2 atom stereocenters. The van der Waals surface area contributed by atoms with E-state index in [4.69, 9.17) is 11.6 Å². The summed E-state index contributed by atoms with van der Waals surface area (Å²) >= 11 is 7.40. The third-order valence-electron chi connectivity index (χ3n) is 3.55. The van der Waals surface area contributed by atoms with E-state index in [0.717, 1.165) is 15.4 Å². The first-order chi connectivity index (χ1) is 10.6. The van der Waals surface area contributed by atoms with E-state index in [1.54, 1.807) is 6.20 Å². The summed E-state index contributed by atoms with van der Waals surface area (Å²) in [6.45, 7) is 1.08. The molecule has 116 valence electrons. The number of hydrogen-bond donors (Lipinski definition) is 3. The maximum atomic E-state index is 12.0. The first-order valence-electron chi connectivity index (χ1n) is 7.03. The van der Waals surface area contributed by atoms with Crippen LogP contribution in [0.3, 0.4) is 0 Å². The zero-order chi connectivity index (χ0) is 15.5. The number of thiazole rings is 1. The minimum atomic E-state index is -0.605. The number of aliphatic hydroxyl groups excluding tert-OH is 1. The van der Waals surface area contributed by atoms with Gasteiger partial charge in [-0.3, -0.25) is 4.79 Å². The number of carbonyl (C=O) groups excluding carboxylic acids is 1. The molecule has 1 aliphatic heterocycles. The fraction of sp³-hybridized carbons (Fsp3) is 0.333. The van der Waals surface area contributed by atoms with Crippen LogP contribution in [0.25, 0.3) is 10.6 Å². The number of nitrogens with one attached hydrogen (secondary N) is 2. The van der Waals surface area contributed by atoms with Crippen LogP contribution < -0.4 is 10.6 Å². The van der Waals surface area contributed by atoms with Gasteiger partial charge in [-0.05, 0) is 25.1 Å². The van der Waals surface area contributed by atoms with Crippen molar-refractivity contribution in [1.29, 1.82) is 0 Å². The van der Waals surface area contributed by atoms with Crippen LogP contribution in [0.15, 0.2) is 30.5 Å². The molecule has 1 amide bonds. The molecule has 1 saturated heterocycles. The largest absolute Gasteiger partial charge is 0.391 e. The Morgan fingerprint density at radius 1 is 1.45 bits per heavy atom. The van der Waals surface area contributed by atoms with Crippen LogP contribution in [0.4, 0.5) is 0 Å². The topological polar surface area (TPSA) is 74.2 Å². The van der Waals surface area contributed by atoms with Crippen LogP contribution >= 0.6 is 22.9 Å². The number of rotatable bonds is 4. The number of amides is 1. The van der Waals surface area contributed by atoms with Crippen LogP contribution in [-0.2, 0) is 11.3 Å². The maximum Gasteiger partial charge on any atom is 0.240 e. The zero-order valence-electron chi connectivity index (χ0n) is 11.8. The van der Waals surface area contributed by atoms with Gasteiger partial charge in [0.05, 0.1) is 12.6 Å². The summed E-state index contributed by atoms with van der Waals surface area (Å²) in [6.07, 6.45) is 1.76. The van der Waals surface area contributed by atoms with Gasteiger partial charge in [0.15, 0.2) is 0 Å². The molecule has 1 fully saturated rings. The highest BCUT2D eigenvalue weighted by Crippen LogP contribution is 2.26. The minimum Gasteiger partial charge on any atom is -0.391 e. The van der Waals surface area contributed by atoms with Gasteiger partial charge < -0.3 is 15.7 Å². The zero-order valence-corrected chi connectivity index (χ0v) is 13.3. The Balaban J connectivity index is 1.60. The van der Waals surface area contributed by atoms with Gasteiger partial charge in [-0.25, -0.2) is 4.98 Å². The molecule has 1 aromatic carbocycles. The third-order valence-corrected chi connectivity index (χ3v) is 4.85. The van der Waals surface area contributed by atoms with Crippen LogP contribution in [0.5, 0.6) is 0 Å². The van der Waals surface area contributed by atoms with Gasteiger partial charge in [0.2, 0.25) is 5.91 Å². The number of aliphatic hydroxyl groups is 1. The SMILES string of the molecule is O=C(NCc1cnc(-c2ccc(Cl)cc2)s1)C1NCCC1O. The molecule has 2 aromatic rings. The second kappa shape index (κ2) is 6.75. The lowest BCUT2D eigenvalue weighted by atomic mass is 10.1. The van der Waals surface area contributed by atoms with Crippen molar-refractivity contribution in [2.45, 2.75) is 25.1 Å². The number of aromatic nitrogens is 1. The summed E-state index contributed by atoms with van der Waals surface area (Å²) in [7, 11) is 0. The van der Waals surface area contributed by atoms with Gasteiger partial charge in [-0.15, -0.1) is 11.3 Å². The lowest BCUT2D eigenvalue weighted by molar-refractivity contribution is -0.124. The molecule has 0 spiro atoms. The van der Waals surface area contributed by atoms with Crippen LogP contribution in [0.2, 0.25) is 5.02 Å². The van der Waals surface area contributed by atoms with Crippen molar-refractivity contribution in [2.75, 3.05) is 6.54 Å². The van der Waals surface area contributed by atoms with E-state index in [2.05, 4.69) is 15.6 Å². The van der Waals surface area contributed by atoms with Gasteiger partial charge in [0.25, 0.3) is 0 Å². The Morgan fingerprint density at radius 3 is 2.91 bits per heavy atom. The molecule has 3 rings (SSSR count). The third kappa shape index (κ3) is 3.47. The van der Waals surface area contributed by atoms with E-state index in [1.165, 1.54) is 11.3 Å². The summed E-state index contributed by atoms with van der Waals surface area (Å²) < 4.78 is 0. The molecule has 1 aliphatic rings. The lowest BCUT2D eigenvalue weighted by Gasteiger charge is -2.13. The molecule has 0 bridgehead atoms. The molecular weight excluding hydrogens is 322 g/mol. The molecule has 0 aliphatic carbocycles. The lowest BCUT2D eigenvalue weighted by Crippen LogP contribution is -2.45. The first kappa shape index (κ1) is 15.4. The van der Waals surface area contributed by atoms with Crippen molar-refractivity contribution in [2.24, 2.45) is 0 Å². The normalized spacial score (nSPS) is 21.0. The number of nitrogens with zero attached hydrogens (tertiary/aromatic N) is 1. The van der Waals surface area contributed by atoms with Crippen LogP contribution in [0.1, 0.15) is 11.3 Å². The van der Waals surface area contributed by atoms with E-state index in [9.17, 15) is 9.90 Å². The van der Waals surface area contributed by atoms with Gasteiger partial charge in [-0.1, -0.05) is 23.7 Å². The van der Waals surface area contributed by atoms with E-state index < -0.39 is 12.1 Å². The summed E-state index contributed by atoms with van der Waals surface area (Å²) in [4.78, 5) is 17.3. The Morgan fingerprint density at radius 2 is 2.23 bits per heavy atom. The molecule has 0 saturated carbocycles. The number of carbonyl (C=O) groups is 1. The predicted molar refractivity (Wildman–Crippen MR) is 86.8 cm³/mol. The average molecular weight is 338 g/mol. The Hall–Kier alpha value is -1.47. The molecule has 1 aromatic heterocycles. The van der Waals surface area contributed by atoms with Crippen molar-refractivity contribution >= 4 is 28.8 Å². The fourth-order valence-corrected chi connectivity index (χ4v) is 3.34. The predicted octanol–water partition coefficient (Wildman–Crippen LogP) is 1.80. The maximum absolute atomic E-state index is 12.0. The molecule has 3 N–H and O–H groups in total. The van der Waals surface area contributed by atoms with Crippen molar-refractivity contribution in [3.8, 4) is 10.6 Å². The van der Waals surface area contributed by atoms with E-state index in [0.29, 0.717) is 24.5 Å². The number of halogens is 1. The molecule has 0 radical (unpaired) electrons. The second-order valence-corrected chi connectivity index (χ2v) is 6.70. The standard InChI is InChI=1S/C15H16ClN3O2S/c16-10-3-1-9(2-4-10)15-19-8-11(22-15)7-18-14(21)13-12(20)5-6-17-13/h1-4,8,12-13,17,20H,5-7H2,(H,18,21). The summed E-state index contributed by atoms with van der Waals surface area (Å²) in [6, 6.07) is 6.98. The van der Waals surface area contributed by atoms with Gasteiger partial charge in [0.1, 0.15) is 11.0 Å². The van der Waals surface area contributed by atoms with Crippen molar-refractivity contribution in [3.05, 3.63) is 40.4 Å². The fourth-order valence-electron chi connectivity index (χ4n) is 2.36. The second-order valence-electron chi connectivity index (χ2n) is 5.14. The quantitative estimate of drug-likeness (QED) is 0.795. The number of benzene rings is 1. The van der Waals surface area contributed by atoms with E-state index >= 15 is 0 Å². The van der Waals surface area contributed by atoms with E-state index in [1.807, 2.05) is 24.3 Å². The smallest absolute Gasteiger partial charge is 0.240 e. The van der Waals surface area contributed by atoms with Crippen molar-refractivity contribution < 1.29 is 9.90 Å². The monoisotopic (exact) mass is 337 g/mol. The Kier molecular flexibility index (Phi) is 4.73. The highest BCUT2D eigenvalue weighted by molar-refractivity contribution is 7.15. The van der Waals surface area contributed by atoms with E-state index in [-0.39, 0.29) is 5.91 Å².